The van der Waals surface area contributed by atoms with Gasteiger partial charge in [0.25, 0.3) is 0 Å². The van der Waals surface area contributed by atoms with Gasteiger partial charge in [0.15, 0.2) is 0 Å². The third kappa shape index (κ3) is 3.57. The van der Waals surface area contributed by atoms with E-state index in [0.717, 1.165) is 38.5 Å². The lowest BCUT2D eigenvalue weighted by molar-refractivity contribution is -0.138. The Bertz CT molecular complexity index is 458. The number of hydrogen-bond acceptors (Lipinski definition) is 4. The van der Waals surface area contributed by atoms with Crippen molar-refractivity contribution in [2.75, 3.05) is 46.9 Å². The lowest BCUT2D eigenvalue weighted by Gasteiger charge is -2.47. The Morgan fingerprint density at radius 2 is 2.00 bits per heavy atom. The summed E-state index contributed by atoms with van der Waals surface area (Å²) in [5, 5.41) is 0. The van der Waals surface area contributed by atoms with Gasteiger partial charge in [0.05, 0.1) is 19.3 Å². The maximum Gasteiger partial charge on any atom is 0.118 e. The lowest BCUT2D eigenvalue weighted by Crippen LogP contribution is -2.58. The second-order valence-corrected chi connectivity index (χ2v) is 6.43. The molecule has 1 spiro atoms. The molecule has 2 heterocycles. The van der Waals surface area contributed by atoms with Crippen LogP contribution in [0.5, 0.6) is 5.75 Å². The number of likely N-dealkylation sites (N-methyl/N-ethyl adjacent to an activating group) is 1. The highest BCUT2D eigenvalue weighted by Gasteiger charge is 2.39. The monoisotopic (exact) mass is 290 g/mol. The van der Waals surface area contributed by atoms with Gasteiger partial charge in [-0.15, -0.1) is 0 Å². The van der Waals surface area contributed by atoms with E-state index in [4.69, 9.17) is 9.47 Å². The number of hydrogen-bond donors (Lipinski definition) is 0. The molecule has 0 aliphatic carbocycles. The predicted octanol–water partition coefficient (Wildman–Crippen LogP) is 1.99. The van der Waals surface area contributed by atoms with Gasteiger partial charge >= 0.3 is 0 Å². The molecule has 1 aromatic carbocycles. The number of rotatable bonds is 3. The molecule has 0 N–H and O–H groups in total. The Balaban J connectivity index is 1.62. The van der Waals surface area contributed by atoms with E-state index in [1.165, 1.54) is 24.9 Å². The van der Waals surface area contributed by atoms with Crippen LogP contribution in [-0.2, 0) is 11.3 Å². The highest BCUT2D eigenvalue weighted by atomic mass is 16.5. The zero-order valence-corrected chi connectivity index (χ0v) is 13.2. The molecule has 1 atom stereocenters. The summed E-state index contributed by atoms with van der Waals surface area (Å²) in [4.78, 5) is 4.94. The van der Waals surface area contributed by atoms with Gasteiger partial charge in [-0.3, -0.25) is 4.90 Å². The molecule has 1 aromatic rings. The van der Waals surface area contributed by atoms with Gasteiger partial charge in [-0.25, -0.2) is 0 Å². The van der Waals surface area contributed by atoms with E-state index in [-0.39, 0.29) is 5.60 Å². The number of piperidine rings is 1. The van der Waals surface area contributed by atoms with E-state index < -0.39 is 0 Å². The van der Waals surface area contributed by atoms with Crippen LogP contribution in [0.4, 0.5) is 0 Å². The van der Waals surface area contributed by atoms with Crippen molar-refractivity contribution < 1.29 is 9.47 Å². The SMILES string of the molecule is COc1ccc(CN2CCOC3(CCCN(C)C3)C2)cc1. The molecule has 2 fully saturated rings. The molecule has 2 aliphatic rings. The van der Waals surface area contributed by atoms with Gasteiger partial charge in [0.1, 0.15) is 5.75 Å². The minimum atomic E-state index is 0.0533. The van der Waals surface area contributed by atoms with Gasteiger partial charge in [0, 0.05) is 26.2 Å². The van der Waals surface area contributed by atoms with Crippen molar-refractivity contribution in [1.29, 1.82) is 0 Å². The Kier molecular flexibility index (Phi) is 4.48. The maximum absolute atomic E-state index is 6.18. The Labute approximate surface area is 127 Å². The van der Waals surface area contributed by atoms with Crippen LogP contribution in [0.2, 0.25) is 0 Å². The molecular weight excluding hydrogens is 264 g/mol. The Hall–Kier alpha value is -1.10. The number of ether oxygens (including phenoxy) is 2. The summed E-state index contributed by atoms with van der Waals surface area (Å²) in [6.45, 7) is 6.18. The minimum Gasteiger partial charge on any atom is -0.497 e. The molecule has 0 amide bonds. The Morgan fingerprint density at radius 1 is 1.19 bits per heavy atom. The molecule has 4 heteroatoms. The van der Waals surface area contributed by atoms with Gasteiger partial charge in [-0.05, 0) is 44.1 Å². The first kappa shape index (κ1) is 14.8. The minimum absolute atomic E-state index is 0.0533. The molecule has 2 aliphatic heterocycles. The molecular formula is C17H26N2O2. The molecule has 2 saturated heterocycles. The van der Waals surface area contributed by atoms with Gasteiger partial charge < -0.3 is 14.4 Å². The summed E-state index contributed by atoms with van der Waals surface area (Å²) in [5.41, 5.74) is 1.40. The third-order valence-electron chi connectivity index (χ3n) is 4.62. The van der Waals surface area contributed by atoms with E-state index in [9.17, 15) is 0 Å². The third-order valence-corrected chi connectivity index (χ3v) is 4.62. The van der Waals surface area contributed by atoms with Crippen molar-refractivity contribution in [2.45, 2.75) is 25.0 Å². The van der Waals surface area contributed by atoms with E-state index in [1.54, 1.807) is 7.11 Å². The summed E-state index contributed by atoms with van der Waals surface area (Å²) in [6, 6.07) is 8.40. The number of morpholine rings is 1. The molecule has 3 rings (SSSR count). The van der Waals surface area contributed by atoms with Crippen molar-refractivity contribution in [3.8, 4) is 5.75 Å². The maximum atomic E-state index is 6.18. The van der Waals surface area contributed by atoms with Crippen molar-refractivity contribution in [3.63, 3.8) is 0 Å². The molecule has 0 radical (unpaired) electrons. The average Bonchev–Trinajstić information content (AvgIpc) is 2.48. The van der Waals surface area contributed by atoms with Crippen molar-refractivity contribution in [1.82, 2.24) is 9.80 Å². The van der Waals surface area contributed by atoms with Crippen molar-refractivity contribution in [2.24, 2.45) is 0 Å². The summed E-state index contributed by atoms with van der Waals surface area (Å²) in [5.74, 6) is 0.922. The number of benzene rings is 1. The average molecular weight is 290 g/mol. The number of nitrogens with zero attached hydrogens (tertiary/aromatic N) is 2. The fourth-order valence-electron chi connectivity index (χ4n) is 3.62. The molecule has 0 saturated carbocycles. The van der Waals surface area contributed by atoms with Crippen LogP contribution in [0.1, 0.15) is 18.4 Å². The Morgan fingerprint density at radius 3 is 2.71 bits per heavy atom. The highest BCUT2D eigenvalue weighted by molar-refractivity contribution is 5.27. The molecule has 116 valence electrons. The molecule has 1 unspecified atom stereocenters. The molecule has 0 aromatic heterocycles. The van der Waals surface area contributed by atoms with Crippen LogP contribution in [-0.4, -0.2) is 62.3 Å². The number of likely N-dealkylation sites (tertiary alicyclic amines) is 1. The largest absolute Gasteiger partial charge is 0.497 e. The second kappa shape index (κ2) is 6.34. The number of methoxy groups -OCH3 is 1. The van der Waals surface area contributed by atoms with Crippen LogP contribution in [0.3, 0.4) is 0 Å². The first-order valence-electron chi connectivity index (χ1n) is 7.87. The van der Waals surface area contributed by atoms with Gasteiger partial charge in [-0.2, -0.15) is 0 Å². The van der Waals surface area contributed by atoms with Crippen LogP contribution in [0.15, 0.2) is 24.3 Å². The van der Waals surface area contributed by atoms with Crippen molar-refractivity contribution in [3.05, 3.63) is 29.8 Å². The lowest BCUT2D eigenvalue weighted by atomic mass is 9.91. The van der Waals surface area contributed by atoms with Crippen LogP contribution >= 0.6 is 0 Å². The second-order valence-electron chi connectivity index (χ2n) is 6.43. The van der Waals surface area contributed by atoms with E-state index >= 15 is 0 Å². The van der Waals surface area contributed by atoms with E-state index in [2.05, 4.69) is 29.0 Å². The predicted molar refractivity (Wildman–Crippen MR) is 83.7 cm³/mol. The summed E-state index contributed by atoms with van der Waals surface area (Å²) < 4.78 is 11.4. The first-order valence-corrected chi connectivity index (χ1v) is 7.87. The summed E-state index contributed by atoms with van der Waals surface area (Å²) in [6.07, 6.45) is 2.43. The normalized spacial score (nSPS) is 27.9. The first-order chi connectivity index (χ1) is 10.2. The fourth-order valence-corrected chi connectivity index (χ4v) is 3.62. The van der Waals surface area contributed by atoms with Crippen LogP contribution < -0.4 is 4.74 Å². The van der Waals surface area contributed by atoms with Crippen molar-refractivity contribution >= 4 is 0 Å². The standard InChI is InChI=1S/C17H26N2O2/c1-18-9-3-8-17(13-18)14-19(10-11-21-17)12-15-4-6-16(20-2)7-5-15/h4-7H,3,8-14H2,1-2H3. The fraction of sp³-hybridized carbons (Fsp3) is 0.647. The zero-order chi connectivity index (χ0) is 14.7. The zero-order valence-electron chi connectivity index (χ0n) is 13.2. The summed E-state index contributed by atoms with van der Waals surface area (Å²) in [7, 11) is 3.91. The van der Waals surface area contributed by atoms with Crippen LogP contribution in [0, 0.1) is 0 Å². The molecule has 0 bridgehead atoms. The highest BCUT2D eigenvalue weighted by Crippen LogP contribution is 2.29. The van der Waals surface area contributed by atoms with E-state index in [1.807, 2.05) is 12.1 Å². The van der Waals surface area contributed by atoms with Crippen LogP contribution in [0.25, 0.3) is 0 Å². The summed E-state index contributed by atoms with van der Waals surface area (Å²) >= 11 is 0. The van der Waals surface area contributed by atoms with Gasteiger partial charge in [-0.1, -0.05) is 12.1 Å². The topological polar surface area (TPSA) is 24.9 Å². The smallest absolute Gasteiger partial charge is 0.118 e. The quantitative estimate of drug-likeness (QED) is 0.850. The van der Waals surface area contributed by atoms with Gasteiger partial charge in [0.2, 0.25) is 0 Å². The molecule has 21 heavy (non-hydrogen) atoms. The van der Waals surface area contributed by atoms with E-state index in [0.29, 0.717) is 0 Å². The molecule has 4 nitrogen and oxygen atoms in total.